The third-order valence-electron chi connectivity index (χ3n) is 6.26. The first-order chi connectivity index (χ1) is 12.3. The minimum atomic E-state index is 0.624. The third kappa shape index (κ3) is 2.21. The molecule has 126 valence electrons. The monoisotopic (exact) mass is 329 g/mol. The van der Waals surface area contributed by atoms with Crippen molar-refractivity contribution in [3.8, 4) is 17.2 Å². The summed E-state index contributed by atoms with van der Waals surface area (Å²) in [5, 5.41) is 12.7. The van der Waals surface area contributed by atoms with Crippen LogP contribution in [0.1, 0.15) is 41.0 Å². The summed E-state index contributed by atoms with van der Waals surface area (Å²) in [6.45, 7) is 5.58. The Kier molecular flexibility index (Phi) is 3.36. The first kappa shape index (κ1) is 15.0. The summed E-state index contributed by atoms with van der Waals surface area (Å²) in [6, 6.07) is 13.8. The maximum Gasteiger partial charge on any atom is 0.0991 e. The third-order valence-corrected chi connectivity index (χ3v) is 6.26. The minimum absolute atomic E-state index is 0.624. The highest BCUT2D eigenvalue weighted by molar-refractivity contribution is 5.78. The lowest BCUT2D eigenvalue weighted by atomic mass is 9.86. The number of anilines is 1. The fourth-order valence-corrected chi connectivity index (χ4v) is 5.17. The van der Waals surface area contributed by atoms with Crippen molar-refractivity contribution in [3.63, 3.8) is 0 Å². The van der Waals surface area contributed by atoms with Crippen LogP contribution >= 0.6 is 0 Å². The van der Waals surface area contributed by atoms with Crippen LogP contribution < -0.4 is 10.2 Å². The first-order valence-corrected chi connectivity index (χ1v) is 9.41. The highest BCUT2D eigenvalue weighted by Gasteiger charge is 2.42. The standard InChI is InChI=1S/C22H23N3/c1-14-9-15(12-23)4-5-18(14)17-10-16-3-2-8-25-21-6-7-24-13-20(21)19(11-17)22(16)25/h4-5,9-11,20-21,24H,2-3,6-8,13H2,1H3/t20-,21-/m0/s1. The molecule has 3 aliphatic rings. The maximum atomic E-state index is 9.14. The Balaban J connectivity index is 1.67. The van der Waals surface area contributed by atoms with Crippen LogP contribution in [0.5, 0.6) is 0 Å². The van der Waals surface area contributed by atoms with E-state index in [2.05, 4.69) is 41.4 Å². The van der Waals surface area contributed by atoms with Crippen LogP contribution in [0.2, 0.25) is 0 Å². The van der Waals surface area contributed by atoms with Gasteiger partial charge in [-0.25, -0.2) is 0 Å². The molecule has 25 heavy (non-hydrogen) atoms. The molecular formula is C22H23N3. The van der Waals surface area contributed by atoms with E-state index in [-0.39, 0.29) is 0 Å². The first-order valence-electron chi connectivity index (χ1n) is 9.41. The van der Waals surface area contributed by atoms with Crippen LogP contribution in [-0.2, 0) is 6.42 Å². The van der Waals surface area contributed by atoms with Gasteiger partial charge in [-0.15, -0.1) is 0 Å². The number of hydrogen-bond acceptors (Lipinski definition) is 3. The van der Waals surface area contributed by atoms with Crippen molar-refractivity contribution >= 4 is 5.69 Å². The molecule has 0 aliphatic carbocycles. The fraction of sp³-hybridized carbons (Fsp3) is 0.409. The van der Waals surface area contributed by atoms with Crippen LogP contribution in [0.3, 0.4) is 0 Å². The molecule has 3 heteroatoms. The average Bonchev–Trinajstić information content (AvgIpc) is 2.97. The van der Waals surface area contributed by atoms with E-state index in [9.17, 15) is 0 Å². The van der Waals surface area contributed by atoms with Crippen LogP contribution in [0.25, 0.3) is 11.1 Å². The van der Waals surface area contributed by atoms with E-state index < -0.39 is 0 Å². The normalized spacial score (nSPS) is 23.8. The largest absolute Gasteiger partial charge is 0.367 e. The molecule has 0 radical (unpaired) electrons. The van der Waals surface area contributed by atoms with Crippen molar-refractivity contribution in [2.24, 2.45) is 0 Å². The smallest absolute Gasteiger partial charge is 0.0991 e. The summed E-state index contributed by atoms with van der Waals surface area (Å²) in [6.07, 6.45) is 3.71. The number of benzene rings is 2. The number of nitrogens with one attached hydrogen (secondary N) is 1. The Labute approximate surface area is 149 Å². The number of rotatable bonds is 1. The van der Waals surface area contributed by atoms with E-state index in [0.29, 0.717) is 12.0 Å². The van der Waals surface area contributed by atoms with Gasteiger partial charge >= 0.3 is 0 Å². The topological polar surface area (TPSA) is 39.1 Å². The quantitative estimate of drug-likeness (QED) is 0.866. The van der Waals surface area contributed by atoms with Crippen LogP contribution in [0, 0.1) is 18.3 Å². The molecule has 1 fully saturated rings. The highest BCUT2D eigenvalue weighted by atomic mass is 15.2. The van der Waals surface area contributed by atoms with Gasteiger partial charge in [0.25, 0.3) is 0 Å². The Morgan fingerprint density at radius 3 is 3.00 bits per heavy atom. The van der Waals surface area contributed by atoms with Crippen LogP contribution in [0.4, 0.5) is 5.69 Å². The lowest BCUT2D eigenvalue weighted by Crippen LogP contribution is -2.45. The van der Waals surface area contributed by atoms with Gasteiger partial charge in [0, 0.05) is 30.7 Å². The summed E-state index contributed by atoms with van der Waals surface area (Å²) in [4.78, 5) is 2.70. The van der Waals surface area contributed by atoms with E-state index in [1.807, 2.05) is 12.1 Å². The second-order valence-corrected chi connectivity index (χ2v) is 7.68. The SMILES string of the molecule is Cc1cc(C#N)ccc1-c1cc2c3c(c1)[C@@H]1CNCC[C@@H]1N3CCC2. The van der Waals surface area contributed by atoms with Gasteiger partial charge in [0.15, 0.2) is 0 Å². The summed E-state index contributed by atoms with van der Waals surface area (Å²) in [7, 11) is 0. The molecule has 0 aromatic heterocycles. The molecule has 5 rings (SSSR count). The fourth-order valence-electron chi connectivity index (χ4n) is 5.17. The minimum Gasteiger partial charge on any atom is -0.367 e. The lowest BCUT2D eigenvalue weighted by molar-refractivity contribution is 0.400. The number of piperidine rings is 1. The molecule has 0 saturated carbocycles. The summed E-state index contributed by atoms with van der Waals surface area (Å²) >= 11 is 0. The van der Waals surface area contributed by atoms with Crippen molar-refractivity contribution in [2.45, 2.75) is 38.1 Å². The van der Waals surface area contributed by atoms with Crippen molar-refractivity contribution in [2.75, 3.05) is 24.5 Å². The Morgan fingerprint density at radius 2 is 2.16 bits per heavy atom. The number of fused-ring (bicyclic) bond motifs is 3. The molecule has 3 heterocycles. The molecule has 3 nitrogen and oxygen atoms in total. The zero-order chi connectivity index (χ0) is 17.0. The van der Waals surface area contributed by atoms with E-state index in [1.165, 1.54) is 48.1 Å². The Morgan fingerprint density at radius 1 is 1.24 bits per heavy atom. The van der Waals surface area contributed by atoms with E-state index in [4.69, 9.17) is 5.26 Å². The highest BCUT2D eigenvalue weighted by Crippen LogP contribution is 2.49. The Hall–Kier alpha value is -2.31. The van der Waals surface area contributed by atoms with Gasteiger partial charge < -0.3 is 10.2 Å². The molecule has 2 aromatic rings. The number of nitrogens with zero attached hydrogens (tertiary/aromatic N) is 2. The molecule has 0 amide bonds. The maximum absolute atomic E-state index is 9.14. The van der Waals surface area contributed by atoms with E-state index in [0.717, 1.165) is 18.7 Å². The summed E-state index contributed by atoms with van der Waals surface area (Å²) in [5.74, 6) is 0.624. The molecule has 1 N–H and O–H groups in total. The van der Waals surface area contributed by atoms with Crippen LogP contribution in [-0.4, -0.2) is 25.7 Å². The molecular weight excluding hydrogens is 306 g/mol. The van der Waals surface area contributed by atoms with Gasteiger partial charge in [-0.3, -0.25) is 0 Å². The molecule has 3 aliphatic heterocycles. The predicted octanol–water partition coefficient (Wildman–Crippen LogP) is 3.75. The van der Waals surface area contributed by atoms with Gasteiger partial charge in [0.05, 0.1) is 11.6 Å². The van der Waals surface area contributed by atoms with Crippen molar-refractivity contribution < 1.29 is 0 Å². The molecule has 0 unspecified atom stereocenters. The number of nitriles is 1. The number of aryl methyl sites for hydroxylation is 2. The van der Waals surface area contributed by atoms with Crippen molar-refractivity contribution in [3.05, 3.63) is 52.6 Å². The van der Waals surface area contributed by atoms with Gasteiger partial charge in [-0.2, -0.15) is 5.26 Å². The molecule has 0 spiro atoms. The summed E-state index contributed by atoms with van der Waals surface area (Å²) < 4.78 is 0. The van der Waals surface area contributed by atoms with Gasteiger partial charge in [-0.1, -0.05) is 6.07 Å². The zero-order valence-corrected chi connectivity index (χ0v) is 14.7. The number of hydrogen-bond donors (Lipinski definition) is 1. The average molecular weight is 329 g/mol. The molecule has 1 saturated heterocycles. The summed E-state index contributed by atoms with van der Waals surface area (Å²) in [5.41, 5.74) is 9.14. The van der Waals surface area contributed by atoms with Gasteiger partial charge in [0.2, 0.25) is 0 Å². The molecule has 2 aromatic carbocycles. The van der Waals surface area contributed by atoms with Crippen molar-refractivity contribution in [1.82, 2.24) is 5.32 Å². The van der Waals surface area contributed by atoms with Crippen molar-refractivity contribution in [1.29, 1.82) is 5.26 Å². The predicted molar refractivity (Wildman–Crippen MR) is 101 cm³/mol. The second kappa shape index (κ2) is 5.61. The lowest BCUT2D eigenvalue weighted by Gasteiger charge is -2.36. The van der Waals surface area contributed by atoms with E-state index in [1.54, 1.807) is 11.3 Å². The second-order valence-electron chi connectivity index (χ2n) is 7.68. The molecule has 2 atom stereocenters. The van der Waals surface area contributed by atoms with Crippen LogP contribution in [0.15, 0.2) is 30.3 Å². The van der Waals surface area contributed by atoms with E-state index >= 15 is 0 Å². The van der Waals surface area contributed by atoms with Gasteiger partial charge in [0.1, 0.15) is 0 Å². The van der Waals surface area contributed by atoms with Gasteiger partial charge in [-0.05, 0) is 84.8 Å². The molecule has 0 bridgehead atoms. The Bertz CT molecular complexity index is 893. The zero-order valence-electron chi connectivity index (χ0n) is 14.7.